The third kappa shape index (κ3) is 4.60. The number of carbonyl (C=O) groups excluding carboxylic acids is 2. The van der Waals surface area contributed by atoms with Gasteiger partial charge in [-0.2, -0.15) is 0 Å². The third-order valence-corrected chi connectivity index (χ3v) is 5.54. The van der Waals surface area contributed by atoms with E-state index in [4.69, 9.17) is 11.6 Å². The number of hydrogen-bond acceptors (Lipinski definition) is 6. The summed E-state index contributed by atoms with van der Waals surface area (Å²) in [5, 5.41) is 9.38. The second kappa shape index (κ2) is 8.95. The standard InChI is InChI=1S/C24H20ClN7O2/c1-13-10-26-20(29-13)12-27-23(34)14-2-5-17(6-3-14)30-24-28-11-15-8-21(33)31-19-9-16(25)4-7-18(19)22(15)32-24/h2-7,9-11H,8,12H2,1H3,(H,26,29)(H,27,34)(H,31,33)(H,28,30,32). The third-order valence-electron chi connectivity index (χ3n) is 5.30. The molecule has 0 aliphatic carbocycles. The van der Waals surface area contributed by atoms with Gasteiger partial charge in [0.1, 0.15) is 5.82 Å². The number of nitrogens with one attached hydrogen (secondary N) is 4. The van der Waals surface area contributed by atoms with Crippen molar-refractivity contribution in [2.24, 2.45) is 0 Å². The SMILES string of the molecule is Cc1c[nH]c(CNC(=O)c2ccc(Nc3ncc4c(n3)-c3ccc(Cl)cc3NC(=O)C4)cc2)n1. The van der Waals surface area contributed by atoms with Crippen molar-refractivity contribution in [1.82, 2.24) is 25.3 Å². The van der Waals surface area contributed by atoms with E-state index in [9.17, 15) is 9.59 Å². The molecule has 34 heavy (non-hydrogen) atoms. The molecule has 0 unspecified atom stereocenters. The van der Waals surface area contributed by atoms with E-state index in [2.05, 4.69) is 35.9 Å². The zero-order valence-corrected chi connectivity index (χ0v) is 18.9. The minimum absolute atomic E-state index is 0.150. The van der Waals surface area contributed by atoms with Gasteiger partial charge in [-0.15, -0.1) is 0 Å². The highest BCUT2D eigenvalue weighted by molar-refractivity contribution is 6.31. The van der Waals surface area contributed by atoms with E-state index in [1.807, 2.05) is 13.0 Å². The van der Waals surface area contributed by atoms with Crippen LogP contribution in [0.2, 0.25) is 5.02 Å². The fourth-order valence-corrected chi connectivity index (χ4v) is 3.85. The lowest BCUT2D eigenvalue weighted by molar-refractivity contribution is -0.115. The molecule has 5 rings (SSSR count). The Hall–Kier alpha value is -4.24. The lowest BCUT2D eigenvalue weighted by atomic mass is 10.1. The van der Waals surface area contributed by atoms with Gasteiger partial charge in [0.2, 0.25) is 11.9 Å². The van der Waals surface area contributed by atoms with Gasteiger partial charge in [0, 0.05) is 39.8 Å². The molecule has 2 amide bonds. The van der Waals surface area contributed by atoms with Crippen LogP contribution >= 0.6 is 11.6 Å². The molecule has 2 aromatic heterocycles. The predicted octanol–water partition coefficient (Wildman–Crippen LogP) is 4.00. The molecule has 1 aliphatic heterocycles. The first-order valence-electron chi connectivity index (χ1n) is 10.6. The normalized spacial score (nSPS) is 12.2. The van der Waals surface area contributed by atoms with Gasteiger partial charge in [-0.05, 0) is 49.4 Å². The summed E-state index contributed by atoms with van der Waals surface area (Å²) in [5.41, 5.74) is 4.88. The minimum atomic E-state index is -0.200. The van der Waals surface area contributed by atoms with E-state index in [1.54, 1.807) is 48.8 Å². The maximum Gasteiger partial charge on any atom is 0.251 e. The zero-order chi connectivity index (χ0) is 23.7. The summed E-state index contributed by atoms with van der Waals surface area (Å²) in [5.74, 6) is 0.724. The van der Waals surface area contributed by atoms with Crippen LogP contribution in [-0.4, -0.2) is 31.8 Å². The molecule has 170 valence electrons. The van der Waals surface area contributed by atoms with Crippen LogP contribution in [0.15, 0.2) is 54.9 Å². The molecule has 4 N–H and O–H groups in total. The van der Waals surface area contributed by atoms with Gasteiger partial charge in [-0.1, -0.05) is 11.6 Å². The number of amides is 2. The minimum Gasteiger partial charge on any atom is -0.347 e. The van der Waals surface area contributed by atoms with Crippen molar-refractivity contribution < 1.29 is 9.59 Å². The van der Waals surface area contributed by atoms with E-state index in [-0.39, 0.29) is 18.2 Å². The molecule has 2 aromatic carbocycles. The molecule has 0 fully saturated rings. The second-order valence-electron chi connectivity index (χ2n) is 7.86. The van der Waals surface area contributed by atoms with Crippen LogP contribution in [0.1, 0.15) is 27.4 Å². The van der Waals surface area contributed by atoms with E-state index < -0.39 is 0 Å². The number of carbonyl (C=O) groups is 2. The van der Waals surface area contributed by atoms with Crippen LogP contribution in [-0.2, 0) is 17.8 Å². The predicted molar refractivity (Wildman–Crippen MR) is 129 cm³/mol. The monoisotopic (exact) mass is 473 g/mol. The number of halogens is 1. The molecule has 0 saturated carbocycles. The van der Waals surface area contributed by atoms with Crippen molar-refractivity contribution in [3.05, 3.63) is 82.5 Å². The first-order chi connectivity index (χ1) is 16.4. The molecular formula is C24H20ClN7O2. The number of H-pyrrole nitrogens is 1. The Morgan fingerprint density at radius 3 is 2.74 bits per heavy atom. The Labute approximate surface area is 200 Å². The summed E-state index contributed by atoms with van der Waals surface area (Å²) < 4.78 is 0. The number of rotatable bonds is 5. The van der Waals surface area contributed by atoms with Crippen LogP contribution in [0.5, 0.6) is 0 Å². The van der Waals surface area contributed by atoms with Gasteiger partial charge < -0.3 is 20.9 Å². The number of aromatic nitrogens is 4. The maximum absolute atomic E-state index is 12.4. The number of hydrogen-bond donors (Lipinski definition) is 4. The number of aromatic amines is 1. The zero-order valence-electron chi connectivity index (χ0n) is 18.1. The number of benzene rings is 2. The number of aryl methyl sites for hydroxylation is 1. The Kier molecular flexibility index (Phi) is 5.69. The van der Waals surface area contributed by atoms with E-state index in [1.165, 1.54) is 0 Å². The quantitative estimate of drug-likeness (QED) is 0.347. The Balaban J connectivity index is 1.32. The lowest BCUT2D eigenvalue weighted by Crippen LogP contribution is -2.23. The maximum atomic E-state index is 12.4. The summed E-state index contributed by atoms with van der Waals surface area (Å²) in [7, 11) is 0. The smallest absolute Gasteiger partial charge is 0.251 e. The van der Waals surface area contributed by atoms with Gasteiger partial charge in [-0.3, -0.25) is 9.59 Å². The number of anilines is 3. The summed E-state index contributed by atoms with van der Waals surface area (Å²) in [6.07, 6.45) is 3.60. The molecule has 9 nitrogen and oxygen atoms in total. The van der Waals surface area contributed by atoms with Gasteiger partial charge >= 0.3 is 0 Å². The highest BCUT2D eigenvalue weighted by Crippen LogP contribution is 2.34. The van der Waals surface area contributed by atoms with Crippen LogP contribution < -0.4 is 16.0 Å². The molecule has 10 heteroatoms. The molecule has 1 aliphatic rings. The summed E-state index contributed by atoms with van der Waals surface area (Å²) >= 11 is 6.10. The first-order valence-corrected chi connectivity index (χ1v) is 10.9. The molecule has 0 atom stereocenters. The fourth-order valence-electron chi connectivity index (χ4n) is 3.68. The van der Waals surface area contributed by atoms with Crippen LogP contribution in [0, 0.1) is 6.92 Å². The van der Waals surface area contributed by atoms with Gasteiger partial charge in [0.05, 0.1) is 30.0 Å². The molecule has 4 aromatic rings. The highest BCUT2D eigenvalue weighted by Gasteiger charge is 2.21. The fraction of sp³-hybridized carbons (Fsp3) is 0.125. The lowest BCUT2D eigenvalue weighted by Gasteiger charge is -2.11. The average Bonchev–Trinajstić information content (AvgIpc) is 3.18. The van der Waals surface area contributed by atoms with Crippen LogP contribution in [0.4, 0.5) is 17.3 Å². The van der Waals surface area contributed by atoms with Crippen molar-refractivity contribution in [2.75, 3.05) is 10.6 Å². The molecule has 3 heterocycles. The summed E-state index contributed by atoms with van der Waals surface area (Å²) in [6.45, 7) is 2.20. The number of imidazole rings is 1. The topological polar surface area (TPSA) is 125 Å². The summed E-state index contributed by atoms with van der Waals surface area (Å²) in [4.78, 5) is 40.9. The first kappa shape index (κ1) is 21.6. The van der Waals surface area contributed by atoms with E-state index >= 15 is 0 Å². The molecule has 0 radical (unpaired) electrons. The summed E-state index contributed by atoms with van der Waals surface area (Å²) in [6, 6.07) is 12.3. The van der Waals surface area contributed by atoms with Crippen molar-refractivity contribution in [2.45, 2.75) is 19.9 Å². The Morgan fingerprint density at radius 1 is 1.15 bits per heavy atom. The van der Waals surface area contributed by atoms with Crippen molar-refractivity contribution in [3.8, 4) is 11.3 Å². The van der Waals surface area contributed by atoms with E-state index in [0.717, 1.165) is 22.5 Å². The van der Waals surface area contributed by atoms with Gasteiger partial charge in [0.25, 0.3) is 5.91 Å². The highest BCUT2D eigenvalue weighted by atomic mass is 35.5. The van der Waals surface area contributed by atoms with Crippen molar-refractivity contribution >= 4 is 40.7 Å². The Bertz CT molecular complexity index is 1400. The number of nitrogens with zero attached hydrogens (tertiary/aromatic N) is 3. The van der Waals surface area contributed by atoms with E-state index in [0.29, 0.717) is 40.3 Å². The van der Waals surface area contributed by atoms with Gasteiger partial charge in [0.15, 0.2) is 0 Å². The molecule has 0 bridgehead atoms. The molecular weight excluding hydrogens is 454 g/mol. The molecule has 0 spiro atoms. The Morgan fingerprint density at radius 2 is 1.97 bits per heavy atom. The second-order valence-corrected chi connectivity index (χ2v) is 8.29. The molecule has 0 saturated heterocycles. The van der Waals surface area contributed by atoms with Crippen LogP contribution in [0.3, 0.4) is 0 Å². The van der Waals surface area contributed by atoms with Crippen LogP contribution in [0.25, 0.3) is 11.3 Å². The average molecular weight is 474 g/mol. The van der Waals surface area contributed by atoms with Crippen molar-refractivity contribution in [3.63, 3.8) is 0 Å². The van der Waals surface area contributed by atoms with Gasteiger partial charge in [-0.25, -0.2) is 15.0 Å². The van der Waals surface area contributed by atoms with Crippen molar-refractivity contribution in [1.29, 1.82) is 0 Å². The largest absolute Gasteiger partial charge is 0.347 e. The number of fused-ring (bicyclic) bond motifs is 3.